The molecule has 1 heterocycles. The Kier molecular flexibility index (Phi) is 8.75. The van der Waals surface area contributed by atoms with Crippen molar-refractivity contribution in [3.05, 3.63) is 93.5 Å². The van der Waals surface area contributed by atoms with Gasteiger partial charge in [-0.05, 0) is 53.4 Å². The number of halogens is 2. The lowest BCUT2D eigenvalue weighted by Crippen LogP contribution is -2.49. The molecule has 0 radical (unpaired) electrons. The monoisotopic (exact) mass is 527 g/mol. The third kappa shape index (κ3) is 6.31. The van der Waals surface area contributed by atoms with Gasteiger partial charge in [0, 0.05) is 42.8 Å². The number of carbonyl (C=O) groups is 1. The van der Waals surface area contributed by atoms with Crippen LogP contribution in [-0.4, -0.2) is 55.3 Å². The summed E-state index contributed by atoms with van der Waals surface area (Å²) in [6.45, 7) is 5.77. The SMILES string of the molecule is C[C@@H](CN1CCN(c2ccc(OCCO)cc2Cl)[C@H](c2ccc(Cl)cc2)C1)c1ccc(C(N)=O)cc1. The summed E-state index contributed by atoms with van der Waals surface area (Å²) < 4.78 is 5.52. The third-order valence-corrected chi connectivity index (χ3v) is 7.16. The number of anilines is 1. The zero-order chi connectivity index (χ0) is 25.7. The lowest BCUT2D eigenvalue weighted by molar-refractivity contribution is 0.1000. The maximum atomic E-state index is 11.4. The van der Waals surface area contributed by atoms with E-state index in [-0.39, 0.29) is 25.2 Å². The number of rotatable bonds is 9. The van der Waals surface area contributed by atoms with Gasteiger partial charge in [0.25, 0.3) is 0 Å². The Morgan fingerprint density at radius 3 is 2.44 bits per heavy atom. The van der Waals surface area contributed by atoms with Crippen molar-refractivity contribution in [2.45, 2.75) is 18.9 Å². The average molecular weight is 528 g/mol. The lowest BCUT2D eigenvalue weighted by Gasteiger charge is -2.44. The highest BCUT2D eigenvalue weighted by molar-refractivity contribution is 6.33. The van der Waals surface area contributed by atoms with Crippen LogP contribution in [0.1, 0.15) is 40.4 Å². The molecule has 190 valence electrons. The first-order valence-corrected chi connectivity index (χ1v) is 12.8. The van der Waals surface area contributed by atoms with Gasteiger partial charge < -0.3 is 20.5 Å². The number of aliphatic hydroxyl groups excluding tert-OH is 1. The topological polar surface area (TPSA) is 79.0 Å². The van der Waals surface area contributed by atoms with Crippen LogP contribution < -0.4 is 15.4 Å². The van der Waals surface area contributed by atoms with E-state index < -0.39 is 5.91 Å². The number of piperazine rings is 1. The second kappa shape index (κ2) is 12.0. The molecule has 36 heavy (non-hydrogen) atoms. The quantitative estimate of drug-likeness (QED) is 0.403. The Balaban J connectivity index is 1.54. The van der Waals surface area contributed by atoms with E-state index in [9.17, 15) is 4.79 Å². The van der Waals surface area contributed by atoms with Crippen molar-refractivity contribution in [3.8, 4) is 5.75 Å². The largest absolute Gasteiger partial charge is 0.491 e. The molecule has 3 aromatic rings. The van der Waals surface area contributed by atoms with E-state index in [2.05, 4.69) is 28.9 Å². The highest BCUT2D eigenvalue weighted by Crippen LogP contribution is 2.37. The summed E-state index contributed by atoms with van der Waals surface area (Å²) in [7, 11) is 0. The fraction of sp³-hybridized carbons (Fsp3) is 0.321. The smallest absolute Gasteiger partial charge is 0.248 e. The van der Waals surface area contributed by atoms with Crippen LogP contribution in [0.15, 0.2) is 66.7 Å². The Morgan fingerprint density at radius 2 is 1.81 bits per heavy atom. The number of primary amides is 1. The van der Waals surface area contributed by atoms with Crippen LogP contribution in [0, 0.1) is 0 Å². The second-order valence-corrected chi connectivity index (χ2v) is 9.94. The summed E-state index contributed by atoms with van der Waals surface area (Å²) in [5, 5.41) is 10.3. The molecule has 1 amide bonds. The number of benzene rings is 3. The van der Waals surface area contributed by atoms with E-state index in [0.29, 0.717) is 21.4 Å². The summed E-state index contributed by atoms with van der Waals surface area (Å²) in [5.41, 5.74) is 9.19. The zero-order valence-corrected chi connectivity index (χ0v) is 21.8. The number of hydrogen-bond acceptors (Lipinski definition) is 5. The minimum Gasteiger partial charge on any atom is -0.491 e. The number of aliphatic hydroxyl groups is 1. The Hall–Kier alpha value is -2.77. The number of nitrogens with two attached hydrogens (primary N) is 1. The molecule has 8 heteroatoms. The van der Waals surface area contributed by atoms with E-state index >= 15 is 0 Å². The van der Waals surface area contributed by atoms with Gasteiger partial charge in [-0.25, -0.2) is 0 Å². The zero-order valence-electron chi connectivity index (χ0n) is 20.2. The van der Waals surface area contributed by atoms with Gasteiger partial charge in [0.1, 0.15) is 12.4 Å². The molecular formula is C28H31Cl2N3O3. The molecule has 0 aliphatic carbocycles. The minimum atomic E-state index is -0.414. The van der Waals surface area contributed by atoms with Crippen LogP contribution in [0.2, 0.25) is 10.0 Å². The molecule has 0 spiro atoms. The first kappa shape index (κ1) is 26.3. The van der Waals surface area contributed by atoms with E-state index in [1.165, 1.54) is 11.1 Å². The van der Waals surface area contributed by atoms with Gasteiger partial charge in [-0.15, -0.1) is 0 Å². The molecular weight excluding hydrogens is 497 g/mol. The van der Waals surface area contributed by atoms with E-state index in [1.54, 1.807) is 18.2 Å². The lowest BCUT2D eigenvalue weighted by atomic mass is 9.96. The van der Waals surface area contributed by atoms with Crippen LogP contribution in [-0.2, 0) is 0 Å². The fourth-order valence-electron chi connectivity index (χ4n) is 4.71. The number of hydrogen-bond donors (Lipinski definition) is 2. The van der Waals surface area contributed by atoms with Crippen molar-refractivity contribution in [1.29, 1.82) is 0 Å². The van der Waals surface area contributed by atoms with Crippen molar-refractivity contribution in [1.82, 2.24) is 4.90 Å². The Bertz CT molecular complexity index is 1170. The molecule has 0 aromatic heterocycles. The third-order valence-electron chi connectivity index (χ3n) is 6.60. The summed E-state index contributed by atoms with van der Waals surface area (Å²) in [5.74, 6) is 0.509. The molecule has 1 saturated heterocycles. The molecule has 1 aliphatic rings. The van der Waals surface area contributed by atoms with Gasteiger partial charge in [-0.1, -0.05) is 54.4 Å². The van der Waals surface area contributed by atoms with Gasteiger partial charge >= 0.3 is 0 Å². The van der Waals surface area contributed by atoms with Gasteiger partial charge in [-0.3, -0.25) is 9.69 Å². The predicted molar refractivity (Wildman–Crippen MR) is 145 cm³/mol. The van der Waals surface area contributed by atoms with Gasteiger partial charge in [0.2, 0.25) is 5.91 Å². The van der Waals surface area contributed by atoms with E-state index in [1.807, 2.05) is 36.4 Å². The fourth-order valence-corrected chi connectivity index (χ4v) is 5.11. The molecule has 6 nitrogen and oxygen atoms in total. The van der Waals surface area contributed by atoms with Crippen molar-refractivity contribution >= 4 is 34.8 Å². The predicted octanol–water partition coefficient (Wildman–Crippen LogP) is 5.13. The standard InChI is InChI=1S/C28H31Cl2N3O3/c1-19(20-2-4-22(5-3-20)28(31)35)17-32-12-13-33(27(18-32)21-6-8-23(29)9-7-21)26-11-10-24(16-25(26)30)36-15-14-34/h2-11,16,19,27,34H,12-15,17-18H2,1H3,(H2,31,35)/t19-,27-/m0/s1. The average Bonchev–Trinajstić information content (AvgIpc) is 2.88. The second-order valence-electron chi connectivity index (χ2n) is 9.09. The molecule has 0 unspecified atom stereocenters. The highest BCUT2D eigenvalue weighted by Gasteiger charge is 2.30. The molecule has 2 atom stereocenters. The molecule has 0 bridgehead atoms. The van der Waals surface area contributed by atoms with Crippen LogP contribution in [0.25, 0.3) is 0 Å². The normalized spacial score (nSPS) is 17.1. The molecule has 4 rings (SSSR count). The van der Waals surface area contributed by atoms with Crippen molar-refractivity contribution < 1.29 is 14.6 Å². The maximum absolute atomic E-state index is 11.4. The number of nitrogens with zero attached hydrogens (tertiary/aromatic N) is 2. The molecule has 0 saturated carbocycles. The van der Waals surface area contributed by atoms with Gasteiger partial charge in [0.05, 0.1) is 23.4 Å². The van der Waals surface area contributed by atoms with Crippen LogP contribution in [0.4, 0.5) is 5.69 Å². The summed E-state index contributed by atoms with van der Waals surface area (Å²) in [4.78, 5) is 16.2. The maximum Gasteiger partial charge on any atom is 0.248 e. The van der Waals surface area contributed by atoms with Gasteiger partial charge in [-0.2, -0.15) is 0 Å². The number of amides is 1. The number of ether oxygens (including phenoxy) is 1. The van der Waals surface area contributed by atoms with Crippen molar-refractivity contribution in [3.63, 3.8) is 0 Å². The molecule has 1 aliphatic heterocycles. The van der Waals surface area contributed by atoms with E-state index in [0.717, 1.165) is 31.9 Å². The summed E-state index contributed by atoms with van der Waals surface area (Å²) in [6, 6.07) is 21.3. The Labute approximate surface area is 222 Å². The minimum absolute atomic E-state index is 0.0479. The van der Waals surface area contributed by atoms with Crippen molar-refractivity contribution in [2.24, 2.45) is 5.73 Å². The summed E-state index contributed by atoms with van der Waals surface area (Å²) >= 11 is 12.9. The summed E-state index contributed by atoms with van der Waals surface area (Å²) in [6.07, 6.45) is 0. The highest BCUT2D eigenvalue weighted by atomic mass is 35.5. The van der Waals surface area contributed by atoms with Crippen LogP contribution in [0.5, 0.6) is 5.75 Å². The Morgan fingerprint density at radius 1 is 1.08 bits per heavy atom. The first-order chi connectivity index (χ1) is 17.4. The molecule has 3 N–H and O–H groups in total. The molecule has 3 aromatic carbocycles. The first-order valence-electron chi connectivity index (χ1n) is 12.0. The van der Waals surface area contributed by atoms with Crippen LogP contribution >= 0.6 is 23.2 Å². The van der Waals surface area contributed by atoms with Gasteiger partial charge in [0.15, 0.2) is 0 Å². The number of carbonyl (C=O) groups excluding carboxylic acids is 1. The van der Waals surface area contributed by atoms with Crippen molar-refractivity contribution in [2.75, 3.05) is 44.3 Å². The van der Waals surface area contributed by atoms with Crippen LogP contribution in [0.3, 0.4) is 0 Å². The van der Waals surface area contributed by atoms with E-state index in [4.69, 9.17) is 38.8 Å². The molecule has 1 fully saturated rings.